The predicted octanol–water partition coefficient (Wildman–Crippen LogP) is 3.13. The molecule has 0 spiro atoms. The van der Waals surface area contributed by atoms with Crippen LogP contribution in [0.1, 0.15) is 42.3 Å². The summed E-state index contributed by atoms with van der Waals surface area (Å²) in [6.07, 6.45) is 3.19. The molecule has 0 aliphatic heterocycles. The summed E-state index contributed by atoms with van der Waals surface area (Å²) >= 11 is 0. The molecule has 0 fully saturated rings. The van der Waals surface area contributed by atoms with Gasteiger partial charge in [0.15, 0.2) is 0 Å². The van der Waals surface area contributed by atoms with Crippen molar-refractivity contribution >= 4 is 11.7 Å². The Morgan fingerprint density at radius 3 is 2.38 bits per heavy atom. The van der Waals surface area contributed by atoms with Gasteiger partial charge in [-0.3, -0.25) is 15.2 Å². The molecule has 1 aromatic heterocycles. The maximum absolute atomic E-state index is 12.2. The molecule has 2 rings (SSSR count). The maximum atomic E-state index is 12.2. The van der Waals surface area contributed by atoms with Gasteiger partial charge >= 0.3 is 0 Å². The van der Waals surface area contributed by atoms with Gasteiger partial charge in [-0.15, -0.1) is 0 Å². The number of hydrogen-bond donors (Lipinski definition) is 2. The molecule has 108 valence electrons. The minimum absolute atomic E-state index is 0.0190. The number of rotatable bonds is 2. The smallest absolute Gasteiger partial charge is 0.256 e. The van der Waals surface area contributed by atoms with Crippen molar-refractivity contribution in [2.45, 2.75) is 26.2 Å². The summed E-state index contributed by atoms with van der Waals surface area (Å²) in [5.41, 5.74) is 2.26. The van der Waals surface area contributed by atoms with Crippen molar-refractivity contribution in [1.82, 2.24) is 10.3 Å². The van der Waals surface area contributed by atoms with E-state index in [1.165, 1.54) is 0 Å². The number of carbonyl (C=O) groups excluding carboxylic acids is 1. The second-order valence-corrected chi connectivity index (χ2v) is 5.90. The molecule has 0 unspecified atom stereocenters. The summed E-state index contributed by atoms with van der Waals surface area (Å²) in [6.45, 7) is 6.30. The summed E-state index contributed by atoms with van der Waals surface area (Å²) < 4.78 is 0. The van der Waals surface area contributed by atoms with Crippen LogP contribution < -0.4 is 5.32 Å². The second-order valence-electron chi connectivity index (χ2n) is 5.90. The Balaban J connectivity index is 2.16. The van der Waals surface area contributed by atoms with Gasteiger partial charge in [-0.2, -0.15) is 0 Å². The second kappa shape index (κ2) is 5.87. The van der Waals surface area contributed by atoms with Crippen molar-refractivity contribution in [3.8, 4) is 0 Å². The molecule has 2 aromatic rings. The molecule has 1 aromatic carbocycles. The van der Waals surface area contributed by atoms with Crippen LogP contribution in [-0.4, -0.2) is 16.7 Å². The van der Waals surface area contributed by atoms with E-state index in [4.69, 9.17) is 5.41 Å². The van der Waals surface area contributed by atoms with Gasteiger partial charge in [0.25, 0.3) is 5.91 Å². The minimum atomic E-state index is -0.275. The molecule has 1 heterocycles. The first-order valence-electron chi connectivity index (χ1n) is 6.79. The summed E-state index contributed by atoms with van der Waals surface area (Å²) in [5, 5.41) is 10.5. The lowest BCUT2D eigenvalue weighted by Gasteiger charge is -2.19. The van der Waals surface area contributed by atoms with Crippen LogP contribution >= 0.6 is 0 Å². The zero-order chi connectivity index (χ0) is 15.5. The van der Waals surface area contributed by atoms with Crippen molar-refractivity contribution in [3.63, 3.8) is 0 Å². The Morgan fingerprint density at radius 2 is 1.76 bits per heavy atom. The normalized spacial score (nSPS) is 11.0. The van der Waals surface area contributed by atoms with Gasteiger partial charge in [-0.1, -0.05) is 32.9 Å². The van der Waals surface area contributed by atoms with Crippen molar-refractivity contribution in [2.24, 2.45) is 0 Å². The van der Waals surface area contributed by atoms with Crippen molar-refractivity contribution in [3.05, 3.63) is 65.5 Å². The van der Waals surface area contributed by atoms with Crippen LogP contribution in [-0.2, 0) is 5.41 Å². The number of amidine groups is 1. The van der Waals surface area contributed by atoms with E-state index >= 15 is 0 Å². The third-order valence-corrected chi connectivity index (χ3v) is 3.20. The molecule has 0 atom stereocenters. The summed E-state index contributed by atoms with van der Waals surface area (Å²) in [4.78, 5) is 16.1. The lowest BCUT2D eigenvalue weighted by atomic mass is 9.86. The van der Waals surface area contributed by atoms with E-state index in [2.05, 4.69) is 31.1 Å². The fraction of sp³-hybridized carbons (Fsp3) is 0.235. The third kappa shape index (κ3) is 3.75. The molecule has 0 saturated heterocycles. The number of hydrogen-bond acceptors (Lipinski definition) is 3. The van der Waals surface area contributed by atoms with Crippen LogP contribution in [0.25, 0.3) is 0 Å². The predicted molar refractivity (Wildman–Crippen MR) is 83.7 cm³/mol. The van der Waals surface area contributed by atoms with Crippen LogP contribution in [0.2, 0.25) is 0 Å². The Hall–Kier alpha value is -2.49. The van der Waals surface area contributed by atoms with E-state index in [0.29, 0.717) is 11.1 Å². The number of aromatic nitrogens is 1. The molecule has 4 nitrogen and oxygen atoms in total. The Bertz CT molecular complexity index is 657. The van der Waals surface area contributed by atoms with E-state index in [1.807, 2.05) is 18.2 Å². The highest BCUT2D eigenvalue weighted by molar-refractivity contribution is 6.11. The van der Waals surface area contributed by atoms with Crippen molar-refractivity contribution < 1.29 is 4.79 Å². The van der Waals surface area contributed by atoms with Crippen LogP contribution in [0.3, 0.4) is 0 Å². The van der Waals surface area contributed by atoms with Gasteiger partial charge in [-0.05, 0) is 35.2 Å². The summed E-state index contributed by atoms with van der Waals surface area (Å²) in [6, 6.07) is 10.9. The first-order chi connectivity index (χ1) is 9.88. The fourth-order valence-electron chi connectivity index (χ4n) is 1.90. The summed E-state index contributed by atoms with van der Waals surface area (Å²) in [5.74, 6) is -0.202. The first-order valence-corrected chi connectivity index (χ1v) is 6.79. The molecule has 0 radical (unpaired) electrons. The average molecular weight is 281 g/mol. The van der Waals surface area contributed by atoms with E-state index < -0.39 is 0 Å². The lowest BCUT2D eigenvalue weighted by molar-refractivity contribution is 0.0977. The Labute approximate surface area is 124 Å². The van der Waals surface area contributed by atoms with E-state index in [1.54, 1.807) is 30.6 Å². The standard InChI is InChI=1S/C17H19N3O/c1-17(2,3)14-6-4-5-13(11-14)16(21)20-15(18)12-7-9-19-10-8-12/h4-11H,1-3H3,(H2,18,20,21). The Morgan fingerprint density at radius 1 is 1.10 bits per heavy atom. The molecule has 0 aliphatic carbocycles. The quantitative estimate of drug-likeness (QED) is 0.656. The first kappa shape index (κ1) is 14.9. The van der Waals surface area contributed by atoms with Crippen LogP contribution in [0.15, 0.2) is 48.8 Å². The lowest BCUT2D eigenvalue weighted by Crippen LogP contribution is -2.30. The highest BCUT2D eigenvalue weighted by Gasteiger charge is 2.16. The van der Waals surface area contributed by atoms with Crippen LogP contribution in [0, 0.1) is 5.41 Å². The number of nitrogens with zero attached hydrogens (tertiary/aromatic N) is 1. The van der Waals surface area contributed by atoms with Gasteiger partial charge in [0, 0.05) is 23.5 Å². The molecular weight excluding hydrogens is 262 g/mol. The average Bonchev–Trinajstić information content (AvgIpc) is 2.47. The van der Waals surface area contributed by atoms with E-state index in [-0.39, 0.29) is 17.2 Å². The monoisotopic (exact) mass is 281 g/mol. The third-order valence-electron chi connectivity index (χ3n) is 3.20. The SMILES string of the molecule is CC(C)(C)c1cccc(C(=O)NC(=N)c2ccncc2)c1. The zero-order valence-corrected chi connectivity index (χ0v) is 12.5. The van der Waals surface area contributed by atoms with Gasteiger partial charge in [0.2, 0.25) is 0 Å². The number of amides is 1. The van der Waals surface area contributed by atoms with Gasteiger partial charge in [-0.25, -0.2) is 0 Å². The van der Waals surface area contributed by atoms with Crippen LogP contribution in [0.5, 0.6) is 0 Å². The van der Waals surface area contributed by atoms with E-state index in [9.17, 15) is 4.79 Å². The van der Waals surface area contributed by atoms with Crippen molar-refractivity contribution in [1.29, 1.82) is 5.41 Å². The molecule has 0 aliphatic rings. The molecule has 21 heavy (non-hydrogen) atoms. The zero-order valence-electron chi connectivity index (χ0n) is 12.5. The number of pyridine rings is 1. The minimum Gasteiger partial charge on any atom is -0.307 e. The molecule has 0 saturated carbocycles. The largest absolute Gasteiger partial charge is 0.307 e. The van der Waals surface area contributed by atoms with Gasteiger partial charge < -0.3 is 5.32 Å². The Kier molecular flexibility index (Phi) is 4.17. The molecule has 2 N–H and O–H groups in total. The molecule has 1 amide bonds. The highest BCUT2D eigenvalue weighted by atomic mass is 16.1. The van der Waals surface area contributed by atoms with Crippen molar-refractivity contribution in [2.75, 3.05) is 0 Å². The maximum Gasteiger partial charge on any atom is 0.256 e. The highest BCUT2D eigenvalue weighted by Crippen LogP contribution is 2.22. The fourth-order valence-corrected chi connectivity index (χ4v) is 1.90. The van der Waals surface area contributed by atoms with Gasteiger partial charge in [0.05, 0.1) is 0 Å². The number of nitrogens with one attached hydrogen (secondary N) is 2. The topological polar surface area (TPSA) is 65.8 Å². The number of benzene rings is 1. The van der Waals surface area contributed by atoms with Crippen LogP contribution in [0.4, 0.5) is 0 Å². The molecule has 0 bridgehead atoms. The number of carbonyl (C=O) groups is 1. The molecule has 4 heteroatoms. The molecular formula is C17H19N3O. The summed E-state index contributed by atoms with van der Waals surface area (Å²) in [7, 11) is 0. The van der Waals surface area contributed by atoms with Gasteiger partial charge in [0.1, 0.15) is 5.84 Å². The van der Waals surface area contributed by atoms with E-state index in [0.717, 1.165) is 5.56 Å².